The molecule has 0 bridgehead atoms. The molecule has 0 aliphatic carbocycles. The molecular weight excluding hydrogens is 489 g/mol. The normalized spacial score (nSPS) is 9.21. The third-order valence-electron chi connectivity index (χ3n) is 4.60. The number of aromatic nitrogens is 1. The number of fused-ring (bicyclic) bond motifs is 2. The van der Waals surface area contributed by atoms with Crippen LogP contribution in [0.1, 0.15) is 11.1 Å². The third-order valence-corrected chi connectivity index (χ3v) is 5.12. The molecule has 0 saturated carbocycles. The molecule has 0 spiro atoms. The second kappa shape index (κ2) is 14.5. The average Bonchev–Trinajstić information content (AvgIpc) is 2.81. The van der Waals surface area contributed by atoms with E-state index in [0.29, 0.717) is 11.5 Å². The van der Waals surface area contributed by atoms with E-state index in [0.717, 1.165) is 21.5 Å². The Hall–Kier alpha value is -2.69. The standard InChI is InChI=1S/2C10H8O.C7H7N.2ClH.Ti/c2*11-10-7-3-5-8-4-1-2-6-9(8)10;1-6-3-7(2)5-8-4-6;;;/h2*1-7,11H;1,3-5H,2H3;2*1H;/p-2. The van der Waals surface area contributed by atoms with Gasteiger partial charge in [0, 0.05) is 10.8 Å². The predicted octanol–water partition coefficient (Wildman–Crippen LogP) is 0.186. The van der Waals surface area contributed by atoms with E-state index in [1.54, 1.807) is 12.1 Å². The van der Waals surface area contributed by atoms with Gasteiger partial charge in [0.1, 0.15) is 11.5 Å². The quantitative estimate of drug-likeness (QED) is 0.316. The predicted molar refractivity (Wildman–Crippen MR) is 125 cm³/mol. The number of phenols is 2. The zero-order chi connectivity index (χ0) is 22.1. The van der Waals surface area contributed by atoms with Crippen LogP contribution < -0.4 is 24.8 Å². The van der Waals surface area contributed by atoms with Crippen molar-refractivity contribution in [2.75, 3.05) is 0 Å². The molecule has 2 N–H and O–H groups in total. The Labute approximate surface area is 217 Å². The summed E-state index contributed by atoms with van der Waals surface area (Å²) in [5, 5.41) is 22.7. The fourth-order valence-corrected chi connectivity index (χ4v) is 3.32. The topological polar surface area (TPSA) is 53.4 Å². The Kier molecular flexibility index (Phi) is 12.4. The molecule has 5 aromatic rings. The molecule has 5 rings (SSSR count). The minimum Gasteiger partial charge on any atom is -1.00 e. The molecule has 0 aliphatic heterocycles. The Morgan fingerprint density at radius 1 is 0.667 bits per heavy atom. The van der Waals surface area contributed by atoms with Crippen molar-refractivity contribution in [2.45, 2.75) is 6.92 Å². The summed E-state index contributed by atoms with van der Waals surface area (Å²) in [6.45, 7) is 2.04. The fourth-order valence-electron chi connectivity index (χ4n) is 3.07. The molecule has 0 unspecified atom stereocenters. The summed E-state index contributed by atoms with van der Waals surface area (Å²) in [6.07, 6.45) is 3.71. The first kappa shape index (κ1) is 28.3. The molecule has 168 valence electrons. The number of aromatic hydroxyl groups is 2. The number of hydrogen-bond donors (Lipinski definition) is 2. The van der Waals surface area contributed by atoms with Gasteiger partial charge in [0.05, 0.1) is 0 Å². The van der Waals surface area contributed by atoms with E-state index < -0.39 is 0 Å². The fraction of sp³-hybridized carbons (Fsp3) is 0.0370. The van der Waals surface area contributed by atoms with Gasteiger partial charge < -0.3 is 35.0 Å². The van der Waals surface area contributed by atoms with Gasteiger partial charge in [-0.3, -0.25) is 0 Å². The first-order valence-electron chi connectivity index (χ1n) is 9.84. The van der Waals surface area contributed by atoms with Crippen molar-refractivity contribution in [3.8, 4) is 11.5 Å². The number of pyridine rings is 1. The summed E-state index contributed by atoms with van der Waals surface area (Å²) < 4.78 is 2.04. The molecule has 4 aromatic carbocycles. The maximum atomic E-state index is 9.37. The summed E-state index contributed by atoms with van der Waals surface area (Å²) in [6, 6.07) is 28.7. The van der Waals surface area contributed by atoms with Crippen molar-refractivity contribution in [3.63, 3.8) is 0 Å². The molecule has 6 heteroatoms. The minimum absolute atomic E-state index is 0. The first-order valence-corrected chi connectivity index (χ1v) is 10.7. The molecule has 0 atom stereocenters. The van der Waals surface area contributed by atoms with E-state index in [9.17, 15) is 10.2 Å². The van der Waals surface area contributed by atoms with Crippen LogP contribution in [0.4, 0.5) is 0 Å². The van der Waals surface area contributed by atoms with E-state index in [1.807, 2.05) is 116 Å². The number of halogens is 2. The van der Waals surface area contributed by atoms with Gasteiger partial charge in [0.15, 0.2) is 0 Å². The van der Waals surface area contributed by atoms with E-state index >= 15 is 0 Å². The number of nitrogens with zero attached hydrogens (tertiary/aromatic N) is 1. The Morgan fingerprint density at radius 3 is 1.52 bits per heavy atom. The number of aryl methyl sites for hydroxylation is 1. The van der Waals surface area contributed by atoms with Crippen LogP contribution in [0.3, 0.4) is 0 Å². The van der Waals surface area contributed by atoms with Crippen LogP contribution >= 0.6 is 0 Å². The van der Waals surface area contributed by atoms with Crippen molar-refractivity contribution in [1.29, 1.82) is 0 Å². The van der Waals surface area contributed by atoms with Crippen LogP contribution in [0, 0.1) is 6.92 Å². The van der Waals surface area contributed by atoms with Crippen LogP contribution in [0.5, 0.6) is 11.5 Å². The van der Waals surface area contributed by atoms with Gasteiger partial charge >= 0.3 is 65.8 Å². The number of benzene rings is 4. The SMILES string of the molecule is Cc1cncc([CH]=[Ti])c1.Oc1cccc2ccccc12.Oc1cccc2ccccc12.[Cl-].[Cl-]. The molecule has 0 radical (unpaired) electrons. The maximum absolute atomic E-state index is 9.37. The second-order valence-electron chi connectivity index (χ2n) is 6.94. The zero-order valence-corrected chi connectivity index (χ0v) is 21.1. The van der Waals surface area contributed by atoms with Gasteiger partial charge in [-0.2, -0.15) is 0 Å². The van der Waals surface area contributed by atoms with Crippen LogP contribution in [-0.2, 0) is 20.0 Å². The maximum Gasteiger partial charge on any atom is 0.123 e. The largest absolute Gasteiger partial charge is 1.00 e. The Balaban J connectivity index is 0.000000242. The van der Waals surface area contributed by atoms with Crippen molar-refractivity contribution in [3.05, 3.63) is 115 Å². The van der Waals surface area contributed by atoms with Crippen molar-refractivity contribution >= 4 is 25.9 Å². The summed E-state index contributed by atoms with van der Waals surface area (Å²) in [5.41, 5.74) is 2.40. The molecule has 33 heavy (non-hydrogen) atoms. The van der Waals surface area contributed by atoms with Gasteiger partial charge in [-0.1, -0.05) is 72.8 Å². The van der Waals surface area contributed by atoms with Crippen LogP contribution in [0.15, 0.2) is 103 Å². The van der Waals surface area contributed by atoms with Crippen LogP contribution in [0.25, 0.3) is 21.5 Å². The Bertz CT molecular complexity index is 1220. The van der Waals surface area contributed by atoms with Gasteiger partial charge in [-0.15, -0.1) is 0 Å². The monoisotopic (exact) mass is 511 g/mol. The van der Waals surface area contributed by atoms with E-state index in [1.165, 1.54) is 11.1 Å². The van der Waals surface area contributed by atoms with Crippen molar-refractivity contribution in [1.82, 2.24) is 4.98 Å². The molecular formula is C27H23Cl2NO2Ti-2. The summed E-state index contributed by atoms with van der Waals surface area (Å²) >= 11 is 2.01. The van der Waals surface area contributed by atoms with Crippen LogP contribution in [-0.4, -0.2) is 19.5 Å². The van der Waals surface area contributed by atoms with E-state index in [2.05, 4.69) is 11.1 Å². The van der Waals surface area contributed by atoms with E-state index in [4.69, 9.17) is 0 Å². The summed E-state index contributed by atoms with van der Waals surface area (Å²) in [5.74, 6) is 0.700. The van der Waals surface area contributed by atoms with Crippen molar-refractivity contribution in [2.24, 2.45) is 0 Å². The molecule has 0 saturated heterocycles. The molecule has 0 fully saturated rings. The van der Waals surface area contributed by atoms with Gasteiger partial charge in [0.25, 0.3) is 0 Å². The number of rotatable bonds is 1. The molecule has 0 aliphatic rings. The number of phenolic OH excluding ortho intramolecular Hbond substituents is 2. The van der Waals surface area contributed by atoms with Gasteiger partial charge in [0.2, 0.25) is 0 Å². The number of hydrogen-bond acceptors (Lipinski definition) is 3. The van der Waals surface area contributed by atoms with Gasteiger partial charge in [-0.25, -0.2) is 0 Å². The summed E-state index contributed by atoms with van der Waals surface area (Å²) in [7, 11) is 0. The zero-order valence-electron chi connectivity index (χ0n) is 18.0. The van der Waals surface area contributed by atoms with Crippen molar-refractivity contribution < 1.29 is 55.0 Å². The molecule has 0 amide bonds. The average molecular weight is 512 g/mol. The Morgan fingerprint density at radius 2 is 1.12 bits per heavy atom. The first-order chi connectivity index (χ1) is 15.1. The minimum atomic E-state index is 0. The third kappa shape index (κ3) is 8.31. The van der Waals surface area contributed by atoms with Gasteiger partial charge in [-0.05, 0) is 22.9 Å². The van der Waals surface area contributed by atoms with E-state index in [-0.39, 0.29) is 24.8 Å². The molecule has 1 heterocycles. The summed E-state index contributed by atoms with van der Waals surface area (Å²) in [4.78, 5) is 4.02. The second-order valence-corrected chi connectivity index (χ2v) is 7.39. The smallest absolute Gasteiger partial charge is 0.123 e. The molecule has 3 nitrogen and oxygen atoms in total. The molecule has 1 aromatic heterocycles. The van der Waals surface area contributed by atoms with Crippen LogP contribution in [0.2, 0.25) is 0 Å².